The van der Waals surface area contributed by atoms with Crippen LogP contribution in [0.2, 0.25) is 0 Å². The van der Waals surface area contributed by atoms with Gasteiger partial charge in [0.2, 0.25) is 0 Å². The predicted molar refractivity (Wildman–Crippen MR) is 80.6 cm³/mol. The number of carboxylic acids is 1. The minimum atomic E-state index is -1.09. The van der Waals surface area contributed by atoms with E-state index in [0.29, 0.717) is 18.2 Å². The molecule has 0 unspecified atom stereocenters. The van der Waals surface area contributed by atoms with Crippen molar-refractivity contribution in [3.8, 4) is 5.75 Å². The number of phenols is 1. The molecule has 0 aliphatic rings. The summed E-state index contributed by atoms with van der Waals surface area (Å²) in [6.07, 6.45) is 0.846. The molecule has 0 aliphatic carbocycles. The topological polar surface area (TPSA) is 81.1 Å². The molecule has 116 valence electrons. The fourth-order valence-electron chi connectivity index (χ4n) is 1.79. The summed E-state index contributed by atoms with van der Waals surface area (Å²) < 4.78 is 0. The van der Waals surface area contributed by atoms with Crippen LogP contribution in [-0.2, 0) is 4.79 Å². The fraction of sp³-hybridized carbons (Fsp3) is 0.467. The van der Waals surface area contributed by atoms with Crippen LogP contribution >= 0.6 is 0 Å². The van der Waals surface area contributed by atoms with Crippen molar-refractivity contribution < 1.29 is 19.8 Å². The van der Waals surface area contributed by atoms with Gasteiger partial charge in [-0.3, -0.25) is 9.69 Å². The Morgan fingerprint density at radius 1 is 1.19 bits per heavy atom. The van der Waals surface area contributed by atoms with Gasteiger partial charge in [-0.15, -0.1) is 0 Å². The molecule has 0 aromatic heterocycles. The number of aromatic hydroxyl groups is 1. The molecule has 2 N–H and O–H groups in total. The highest BCUT2D eigenvalue weighted by Gasteiger charge is 2.22. The van der Waals surface area contributed by atoms with E-state index < -0.39 is 12.5 Å². The van der Waals surface area contributed by atoms with Crippen LogP contribution < -0.4 is 4.90 Å². The Bertz CT molecular complexity index is 485. The van der Waals surface area contributed by atoms with Gasteiger partial charge in [0.25, 0.3) is 0 Å². The van der Waals surface area contributed by atoms with Crippen molar-refractivity contribution in [1.82, 2.24) is 4.90 Å². The Balaban J connectivity index is 2.88. The lowest BCUT2D eigenvalue weighted by Gasteiger charge is -2.27. The lowest BCUT2D eigenvalue weighted by atomic mass is 10.1. The monoisotopic (exact) mass is 294 g/mol. The van der Waals surface area contributed by atoms with Crippen molar-refractivity contribution in [2.45, 2.75) is 20.3 Å². The van der Waals surface area contributed by atoms with Crippen LogP contribution in [0.25, 0.3) is 0 Å². The first-order chi connectivity index (χ1) is 9.81. The summed E-state index contributed by atoms with van der Waals surface area (Å²) in [4.78, 5) is 26.1. The highest BCUT2D eigenvalue weighted by Crippen LogP contribution is 2.19. The Hall–Kier alpha value is -2.24. The van der Waals surface area contributed by atoms with Gasteiger partial charge in [0.15, 0.2) is 0 Å². The number of urea groups is 1. The van der Waals surface area contributed by atoms with E-state index in [9.17, 15) is 14.7 Å². The highest BCUT2D eigenvalue weighted by atomic mass is 16.4. The Morgan fingerprint density at radius 3 is 2.24 bits per heavy atom. The third-order valence-electron chi connectivity index (χ3n) is 3.05. The summed E-state index contributed by atoms with van der Waals surface area (Å²) >= 11 is 0. The fourth-order valence-corrected chi connectivity index (χ4v) is 1.79. The summed E-state index contributed by atoms with van der Waals surface area (Å²) in [7, 11) is 1.65. The van der Waals surface area contributed by atoms with Gasteiger partial charge < -0.3 is 15.1 Å². The molecule has 1 aromatic rings. The summed E-state index contributed by atoms with van der Waals surface area (Å²) in [5.74, 6) is -0.565. The van der Waals surface area contributed by atoms with Gasteiger partial charge in [0.05, 0.1) is 0 Å². The third-order valence-corrected chi connectivity index (χ3v) is 3.05. The van der Waals surface area contributed by atoms with Crippen LogP contribution in [0.4, 0.5) is 10.5 Å². The average molecular weight is 294 g/mol. The number of carboxylic acid groups (broad SMARTS) is 1. The molecular weight excluding hydrogens is 272 g/mol. The number of hydrogen-bond acceptors (Lipinski definition) is 3. The third kappa shape index (κ3) is 5.33. The van der Waals surface area contributed by atoms with Crippen molar-refractivity contribution in [2.75, 3.05) is 25.0 Å². The van der Waals surface area contributed by atoms with Gasteiger partial charge in [-0.1, -0.05) is 13.8 Å². The molecule has 0 saturated heterocycles. The van der Waals surface area contributed by atoms with Gasteiger partial charge in [0.1, 0.15) is 12.3 Å². The van der Waals surface area contributed by atoms with Crippen molar-refractivity contribution in [1.29, 1.82) is 0 Å². The highest BCUT2D eigenvalue weighted by molar-refractivity contribution is 5.96. The zero-order chi connectivity index (χ0) is 16.0. The van der Waals surface area contributed by atoms with Crippen molar-refractivity contribution in [3.05, 3.63) is 24.3 Å². The van der Waals surface area contributed by atoms with Crippen molar-refractivity contribution in [2.24, 2.45) is 5.92 Å². The van der Waals surface area contributed by atoms with Crippen LogP contribution in [0.5, 0.6) is 5.75 Å². The lowest BCUT2D eigenvalue weighted by Crippen LogP contribution is -2.44. The van der Waals surface area contributed by atoms with Gasteiger partial charge in [-0.25, -0.2) is 4.79 Å². The number of aliphatic carboxylic acids is 1. The molecule has 0 fully saturated rings. The van der Waals surface area contributed by atoms with Crippen LogP contribution in [0, 0.1) is 5.92 Å². The van der Waals surface area contributed by atoms with E-state index in [0.717, 1.165) is 6.42 Å². The second-order valence-corrected chi connectivity index (χ2v) is 5.38. The van der Waals surface area contributed by atoms with Gasteiger partial charge in [0, 0.05) is 19.3 Å². The second kappa shape index (κ2) is 7.52. The number of hydrogen-bond donors (Lipinski definition) is 2. The molecule has 1 aromatic carbocycles. The molecule has 1 rings (SSSR count). The molecule has 21 heavy (non-hydrogen) atoms. The number of anilines is 1. The van der Waals surface area contributed by atoms with E-state index in [4.69, 9.17) is 5.11 Å². The number of rotatable bonds is 6. The first kappa shape index (κ1) is 16.8. The zero-order valence-corrected chi connectivity index (χ0v) is 12.6. The van der Waals surface area contributed by atoms with E-state index in [1.54, 1.807) is 7.05 Å². The molecule has 0 saturated carbocycles. The molecule has 0 aliphatic heterocycles. The van der Waals surface area contributed by atoms with E-state index >= 15 is 0 Å². The van der Waals surface area contributed by atoms with Crippen LogP contribution in [0.15, 0.2) is 24.3 Å². The number of carbonyl (C=O) groups is 2. The first-order valence-corrected chi connectivity index (χ1v) is 6.84. The molecular formula is C15H22N2O4. The van der Waals surface area contributed by atoms with E-state index in [1.807, 2.05) is 0 Å². The summed E-state index contributed by atoms with van der Waals surface area (Å²) in [6, 6.07) is 5.51. The molecule has 0 radical (unpaired) electrons. The molecule has 2 amide bonds. The summed E-state index contributed by atoms with van der Waals surface area (Å²) in [6.45, 7) is 4.26. The minimum absolute atomic E-state index is 0.0645. The van der Waals surface area contributed by atoms with Gasteiger partial charge >= 0.3 is 12.0 Å². The van der Waals surface area contributed by atoms with Crippen LogP contribution in [0.1, 0.15) is 20.3 Å². The molecule has 0 heterocycles. The van der Waals surface area contributed by atoms with E-state index in [2.05, 4.69) is 13.8 Å². The number of nitrogens with zero attached hydrogens (tertiary/aromatic N) is 2. The van der Waals surface area contributed by atoms with Crippen molar-refractivity contribution in [3.63, 3.8) is 0 Å². The van der Waals surface area contributed by atoms with Gasteiger partial charge in [-0.05, 0) is 36.6 Å². The van der Waals surface area contributed by atoms with Gasteiger partial charge in [-0.2, -0.15) is 0 Å². The maximum atomic E-state index is 12.4. The number of benzene rings is 1. The Labute approximate surface area is 124 Å². The molecule has 6 nitrogen and oxygen atoms in total. The first-order valence-electron chi connectivity index (χ1n) is 6.84. The van der Waals surface area contributed by atoms with Crippen molar-refractivity contribution >= 4 is 17.7 Å². The van der Waals surface area contributed by atoms with E-state index in [1.165, 1.54) is 34.1 Å². The maximum Gasteiger partial charge on any atom is 0.324 e. The minimum Gasteiger partial charge on any atom is -0.508 e. The standard InChI is InChI=1S/C15H22N2O4/c1-11(2)8-9-16(3)15(21)17(10-14(19)20)12-4-6-13(18)7-5-12/h4-7,11,18H,8-10H2,1-3H3,(H,19,20). The average Bonchev–Trinajstić information content (AvgIpc) is 2.42. The predicted octanol–water partition coefficient (Wildman–Crippen LogP) is 2.38. The smallest absolute Gasteiger partial charge is 0.324 e. The SMILES string of the molecule is CC(C)CCN(C)C(=O)N(CC(=O)O)c1ccc(O)cc1. The molecule has 0 bridgehead atoms. The number of amides is 2. The van der Waals surface area contributed by atoms with Crippen LogP contribution in [-0.4, -0.2) is 47.3 Å². The number of carbonyl (C=O) groups excluding carboxylic acids is 1. The lowest BCUT2D eigenvalue weighted by molar-refractivity contribution is -0.135. The molecule has 6 heteroatoms. The molecule has 0 atom stereocenters. The summed E-state index contributed by atoms with van der Waals surface area (Å²) in [5.41, 5.74) is 0.441. The van der Waals surface area contributed by atoms with E-state index in [-0.39, 0.29) is 11.8 Å². The largest absolute Gasteiger partial charge is 0.508 e. The zero-order valence-electron chi connectivity index (χ0n) is 12.6. The maximum absolute atomic E-state index is 12.4. The van der Waals surface area contributed by atoms with Crippen LogP contribution in [0.3, 0.4) is 0 Å². The number of phenolic OH excluding ortho intramolecular Hbond substituents is 1. The normalized spacial score (nSPS) is 10.5. The Kier molecular flexibility index (Phi) is 6.02. The second-order valence-electron chi connectivity index (χ2n) is 5.38. The summed E-state index contributed by atoms with van der Waals surface area (Å²) in [5, 5.41) is 18.3. The Morgan fingerprint density at radius 2 is 1.76 bits per heavy atom. The molecule has 0 spiro atoms. The quantitative estimate of drug-likeness (QED) is 0.844.